The van der Waals surface area contributed by atoms with Crippen LogP contribution in [0.15, 0.2) is 89.8 Å². The molecule has 1 aliphatic rings. The fourth-order valence-corrected chi connectivity index (χ4v) is 5.87. The van der Waals surface area contributed by atoms with Crippen molar-refractivity contribution in [2.24, 2.45) is 0 Å². The Hall–Kier alpha value is -3.35. The van der Waals surface area contributed by atoms with Crippen molar-refractivity contribution in [3.63, 3.8) is 0 Å². The molecule has 33 heavy (non-hydrogen) atoms. The molecular weight excluding hydrogens is 456 g/mol. The van der Waals surface area contributed by atoms with Gasteiger partial charge in [0.05, 0.1) is 10.6 Å². The lowest BCUT2D eigenvalue weighted by Crippen LogP contribution is -2.38. The summed E-state index contributed by atoms with van der Waals surface area (Å²) in [4.78, 5) is 13.2. The van der Waals surface area contributed by atoms with Crippen molar-refractivity contribution in [3.8, 4) is 0 Å². The van der Waals surface area contributed by atoms with Crippen molar-refractivity contribution in [3.05, 3.63) is 101 Å². The first-order valence-corrected chi connectivity index (χ1v) is 12.4. The number of benzene rings is 4. The van der Waals surface area contributed by atoms with Gasteiger partial charge in [-0.15, -0.1) is 0 Å². The average molecular weight is 477 g/mol. The molecule has 0 fully saturated rings. The molecule has 0 saturated heterocycles. The number of rotatable bonds is 6. The lowest BCUT2D eigenvalue weighted by molar-refractivity contribution is -0.114. The number of nitrogens with one attached hydrogen (secondary N) is 1. The molecule has 1 amide bonds. The van der Waals surface area contributed by atoms with E-state index in [1.807, 2.05) is 24.3 Å². The van der Waals surface area contributed by atoms with Crippen molar-refractivity contribution < 1.29 is 13.2 Å². The van der Waals surface area contributed by atoms with Crippen molar-refractivity contribution >= 4 is 49.7 Å². The van der Waals surface area contributed by atoms with Crippen LogP contribution in [0.3, 0.4) is 0 Å². The molecule has 0 spiro atoms. The number of hydrogen-bond donors (Lipinski definition) is 1. The van der Waals surface area contributed by atoms with Gasteiger partial charge in [-0.1, -0.05) is 54.1 Å². The van der Waals surface area contributed by atoms with Gasteiger partial charge in [0.1, 0.15) is 6.54 Å². The first-order valence-electron chi connectivity index (χ1n) is 10.6. The summed E-state index contributed by atoms with van der Waals surface area (Å²) in [6, 6.07) is 24.5. The monoisotopic (exact) mass is 476 g/mol. The topological polar surface area (TPSA) is 66.5 Å². The maximum atomic E-state index is 13.4. The van der Waals surface area contributed by atoms with E-state index >= 15 is 0 Å². The van der Waals surface area contributed by atoms with Crippen LogP contribution in [0.5, 0.6) is 0 Å². The standard InChI is InChI=1S/C26H21ClN2O3S/c27-20-12-14-22(15-13-20)33(31,32)29(21-6-2-1-3-7-21)17-25(30)28-24-16-11-19-10-9-18-5-4-8-23(24)26(18)19/h1-8,11-16H,9-10,17H2,(H,28,30). The average Bonchev–Trinajstić information content (AvgIpc) is 3.25. The van der Waals surface area contributed by atoms with Crippen molar-refractivity contribution in [1.82, 2.24) is 0 Å². The number of carbonyl (C=O) groups is 1. The maximum absolute atomic E-state index is 13.4. The highest BCUT2D eigenvalue weighted by molar-refractivity contribution is 7.92. The molecule has 166 valence electrons. The van der Waals surface area contributed by atoms with Gasteiger partial charge in [0.25, 0.3) is 10.0 Å². The Kier molecular flexibility index (Phi) is 5.56. The van der Waals surface area contributed by atoms with Crippen LogP contribution in [-0.4, -0.2) is 20.9 Å². The van der Waals surface area contributed by atoms with Crippen molar-refractivity contribution in [1.29, 1.82) is 0 Å². The molecule has 0 unspecified atom stereocenters. The maximum Gasteiger partial charge on any atom is 0.264 e. The molecule has 4 aromatic carbocycles. The zero-order valence-electron chi connectivity index (χ0n) is 17.7. The Balaban J connectivity index is 1.48. The number of hydrogen-bond acceptors (Lipinski definition) is 3. The normalized spacial score (nSPS) is 12.6. The highest BCUT2D eigenvalue weighted by Gasteiger charge is 2.27. The van der Waals surface area contributed by atoms with E-state index in [1.54, 1.807) is 30.3 Å². The molecular formula is C26H21ClN2O3S. The zero-order chi connectivity index (χ0) is 23.0. The van der Waals surface area contributed by atoms with Crippen LogP contribution in [0.25, 0.3) is 10.8 Å². The molecule has 1 N–H and O–H groups in total. The van der Waals surface area contributed by atoms with Gasteiger partial charge in [-0.05, 0) is 71.8 Å². The summed E-state index contributed by atoms with van der Waals surface area (Å²) in [7, 11) is -3.99. The molecule has 5 nitrogen and oxygen atoms in total. The third-order valence-corrected chi connectivity index (χ3v) is 7.92. The zero-order valence-corrected chi connectivity index (χ0v) is 19.2. The summed E-state index contributed by atoms with van der Waals surface area (Å²) in [6.07, 6.45) is 1.98. The van der Waals surface area contributed by atoms with Crippen LogP contribution >= 0.6 is 11.6 Å². The molecule has 0 atom stereocenters. The Morgan fingerprint density at radius 2 is 1.55 bits per heavy atom. The molecule has 0 heterocycles. The van der Waals surface area contributed by atoms with Gasteiger partial charge in [-0.25, -0.2) is 8.42 Å². The number of halogens is 1. The Morgan fingerprint density at radius 3 is 2.27 bits per heavy atom. The minimum atomic E-state index is -3.99. The van der Waals surface area contributed by atoms with Gasteiger partial charge in [0.2, 0.25) is 5.91 Å². The number of para-hydroxylation sites is 1. The molecule has 4 aromatic rings. The molecule has 1 aliphatic carbocycles. The molecule has 0 aromatic heterocycles. The van der Waals surface area contributed by atoms with E-state index in [4.69, 9.17) is 11.6 Å². The summed E-state index contributed by atoms with van der Waals surface area (Å²) in [5, 5.41) is 5.53. The van der Waals surface area contributed by atoms with E-state index < -0.39 is 15.9 Å². The molecule has 7 heteroatoms. The van der Waals surface area contributed by atoms with Gasteiger partial charge in [-0.2, -0.15) is 0 Å². The fourth-order valence-electron chi connectivity index (χ4n) is 4.32. The quantitative estimate of drug-likeness (QED) is 0.403. The summed E-state index contributed by atoms with van der Waals surface area (Å²) >= 11 is 5.93. The van der Waals surface area contributed by atoms with Crippen molar-refractivity contribution in [2.75, 3.05) is 16.2 Å². The van der Waals surface area contributed by atoms with E-state index in [2.05, 4.69) is 11.4 Å². The molecule has 0 bridgehead atoms. The second kappa shape index (κ2) is 8.54. The van der Waals surface area contributed by atoms with Gasteiger partial charge >= 0.3 is 0 Å². The van der Waals surface area contributed by atoms with Crippen LogP contribution < -0.4 is 9.62 Å². The van der Waals surface area contributed by atoms with Crippen LogP contribution in [-0.2, 0) is 27.7 Å². The minimum absolute atomic E-state index is 0.0638. The lowest BCUT2D eigenvalue weighted by atomic mass is 10.0. The SMILES string of the molecule is O=C(CN(c1ccccc1)S(=O)(=O)c1ccc(Cl)cc1)Nc1ccc2c3c(cccc13)CC2. The highest BCUT2D eigenvalue weighted by Crippen LogP contribution is 2.35. The van der Waals surface area contributed by atoms with Crippen LogP contribution in [0.2, 0.25) is 5.02 Å². The summed E-state index contributed by atoms with van der Waals surface area (Å²) in [6.45, 7) is -0.363. The number of carbonyl (C=O) groups excluding carboxylic acids is 1. The van der Waals surface area contributed by atoms with E-state index in [0.29, 0.717) is 16.4 Å². The Labute approximate surface area is 197 Å². The molecule has 0 radical (unpaired) electrons. The van der Waals surface area contributed by atoms with E-state index in [-0.39, 0.29) is 11.4 Å². The Morgan fingerprint density at radius 1 is 0.848 bits per heavy atom. The highest BCUT2D eigenvalue weighted by atomic mass is 35.5. The van der Waals surface area contributed by atoms with E-state index in [9.17, 15) is 13.2 Å². The smallest absolute Gasteiger partial charge is 0.264 e. The summed E-state index contributed by atoms with van der Waals surface area (Å²) < 4.78 is 28.0. The number of aryl methyl sites for hydroxylation is 2. The van der Waals surface area contributed by atoms with E-state index in [0.717, 1.165) is 22.5 Å². The van der Waals surface area contributed by atoms with Gasteiger partial charge in [-0.3, -0.25) is 9.10 Å². The summed E-state index contributed by atoms with van der Waals surface area (Å²) in [5.74, 6) is -0.421. The predicted octanol–water partition coefficient (Wildman–Crippen LogP) is 5.43. The number of nitrogens with zero attached hydrogens (tertiary/aromatic N) is 1. The summed E-state index contributed by atoms with van der Waals surface area (Å²) in [5.41, 5.74) is 3.63. The largest absolute Gasteiger partial charge is 0.324 e. The molecule has 0 aliphatic heterocycles. The van der Waals surface area contributed by atoms with Gasteiger partial charge < -0.3 is 5.32 Å². The van der Waals surface area contributed by atoms with Crippen LogP contribution in [0, 0.1) is 0 Å². The molecule has 0 saturated carbocycles. The number of amides is 1. The second-order valence-corrected chi connectivity index (χ2v) is 10.3. The lowest BCUT2D eigenvalue weighted by Gasteiger charge is -2.24. The van der Waals surface area contributed by atoms with Crippen LogP contribution in [0.4, 0.5) is 11.4 Å². The fraction of sp³-hybridized carbons (Fsp3) is 0.115. The predicted molar refractivity (Wildman–Crippen MR) is 132 cm³/mol. The van der Waals surface area contributed by atoms with Gasteiger partial charge in [0.15, 0.2) is 0 Å². The third kappa shape index (κ3) is 4.08. The number of anilines is 2. The number of sulfonamides is 1. The third-order valence-electron chi connectivity index (χ3n) is 5.88. The van der Waals surface area contributed by atoms with Crippen molar-refractivity contribution in [2.45, 2.75) is 17.7 Å². The minimum Gasteiger partial charge on any atom is -0.324 e. The first-order chi connectivity index (χ1) is 15.9. The van der Waals surface area contributed by atoms with Crippen LogP contribution in [0.1, 0.15) is 11.1 Å². The molecule has 5 rings (SSSR count). The van der Waals surface area contributed by atoms with Gasteiger partial charge in [0, 0.05) is 16.1 Å². The second-order valence-electron chi connectivity index (χ2n) is 7.96. The first kappa shape index (κ1) is 21.5. The van der Waals surface area contributed by atoms with E-state index in [1.165, 1.54) is 40.8 Å². The Bertz CT molecular complexity index is 1440.